The number of nitrogens with one attached hydrogen (secondary N) is 1. The molecule has 3 heteroatoms. The highest BCUT2D eigenvalue weighted by molar-refractivity contribution is 6.54. The van der Waals surface area contributed by atoms with Crippen LogP contribution in [0.15, 0.2) is 30.6 Å². The van der Waals surface area contributed by atoms with E-state index in [0.717, 1.165) is 11.0 Å². The molecule has 0 aliphatic rings. The van der Waals surface area contributed by atoms with Crippen LogP contribution in [0.3, 0.4) is 0 Å². The summed E-state index contributed by atoms with van der Waals surface area (Å²) >= 11 is 0. The fourth-order valence-electron chi connectivity index (χ4n) is 0.880. The molecule has 0 saturated carbocycles. The molecular weight excluding hydrogens is 176 g/mol. The second-order valence-electron chi connectivity index (χ2n) is 3.42. The van der Waals surface area contributed by atoms with Crippen molar-refractivity contribution in [2.75, 3.05) is 0 Å². The summed E-state index contributed by atoms with van der Waals surface area (Å²) in [5.74, 6) is 0. The number of H-pyrrole nitrogens is 1. The number of para-hydroxylation sites is 2. The van der Waals surface area contributed by atoms with Crippen LogP contribution < -0.4 is 0 Å². The normalized spacial score (nSPS) is 9.85. The van der Waals surface area contributed by atoms with Gasteiger partial charge in [0.1, 0.15) is 0 Å². The molecule has 1 heterocycles. The molecule has 0 aliphatic heterocycles. The standard InChI is InChI=1S/C7H6N2.C3H9Si/c1-2-4-7-6(3-1)8-5-9-7;1-4(2)3/h1-5H,(H,8,9);1-3H3. The maximum absolute atomic E-state index is 4.06. The van der Waals surface area contributed by atoms with Crippen LogP contribution in [-0.2, 0) is 0 Å². The van der Waals surface area contributed by atoms with Gasteiger partial charge in [0.05, 0.1) is 17.4 Å². The first-order valence-electron chi connectivity index (χ1n) is 4.35. The Morgan fingerprint density at radius 2 is 1.77 bits per heavy atom. The van der Waals surface area contributed by atoms with Crippen molar-refractivity contribution >= 4 is 19.8 Å². The first-order chi connectivity index (χ1) is 6.20. The number of rotatable bonds is 0. The van der Waals surface area contributed by atoms with E-state index < -0.39 is 0 Å². The molecule has 1 aromatic carbocycles. The first kappa shape index (κ1) is 9.99. The van der Waals surface area contributed by atoms with E-state index in [1.807, 2.05) is 24.3 Å². The Balaban J connectivity index is 0.000000184. The Morgan fingerprint density at radius 1 is 1.15 bits per heavy atom. The monoisotopic (exact) mass is 191 g/mol. The van der Waals surface area contributed by atoms with Crippen molar-refractivity contribution < 1.29 is 0 Å². The number of hydrogen-bond donors (Lipinski definition) is 1. The van der Waals surface area contributed by atoms with E-state index in [1.165, 1.54) is 0 Å². The second-order valence-corrected chi connectivity index (χ2v) is 6.42. The minimum atomic E-state index is 0.120. The van der Waals surface area contributed by atoms with Crippen LogP contribution in [0.2, 0.25) is 19.6 Å². The number of nitrogens with zero attached hydrogens (tertiary/aromatic N) is 1. The summed E-state index contributed by atoms with van der Waals surface area (Å²) < 4.78 is 0. The number of imidazole rings is 1. The molecule has 0 saturated heterocycles. The van der Waals surface area contributed by atoms with Gasteiger partial charge in [0.25, 0.3) is 0 Å². The highest BCUT2D eigenvalue weighted by Crippen LogP contribution is 2.05. The Labute approximate surface area is 80.6 Å². The third-order valence-corrected chi connectivity index (χ3v) is 1.33. The Morgan fingerprint density at radius 3 is 2.38 bits per heavy atom. The van der Waals surface area contributed by atoms with E-state index in [-0.39, 0.29) is 8.80 Å². The van der Waals surface area contributed by atoms with Gasteiger partial charge < -0.3 is 4.98 Å². The molecule has 0 unspecified atom stereocenters. The highest BCUT2D eigenvalue weighted by Gasteiger charge is 1.88. The maximum atomic E-state index is 4.06. The lowest BCUT2D eigenvalue weighted by molar-refractivity contribution is 1.34. The van der Waals surface area contributed by atoms with Crippen molar-refractivity contribution in [3.05, 3.63) is 30.6 Å². The molecule has 13 heavy (non-hydrogen) atoms. The molecule has 0 aliphatic carbocycles. The molecule has 0 spiro atoms. The molecule has 0 amide bonds. The van der Waals surface area contributed by atoms with E-state index in [4.69, 9.17) is 0 Å². The van der Waals surface area contributed by atoms with Gasteiger partial charge >= 0.3 is 0 Å². The molecule has 1 aromatic heterocycles. The molecule has 0 atom stereocenters. The van der Waals surface area contributed by atoms with E-state index in [0.29, 0.717) is 0 Å². The number of fused-ring (bicyclic) bond motifs is 1. The lowest BCUT2D eigenvalue weighted by atomic mass is 10.3. The van der Waals surface area contributed by atoms with E-state index in [2.05, 4.69) is 29.6 Å². The van der Waals surface area contributed by atoms with Crippen LogP contribution in [0.5, 0.6) is 0 Å². The molecule has 0 bridgehead atoms. The number of aromatic nitrogens is 2. The van der Waals surface area contributed by atoms with Gasteiger partial charge in [0, 0.05) is 8.80 Å². The topological polar surface area (TPSA) is 28.7 Å². The van der Waals surface area contributed by atoms with Gasteiger partial charge in [0.2, 0.25) is 0 Å². The SMILES string of the molecule is C[Si](C)C.c1ccc2[nH]cnc2c1. The van der Waals surface area contributed by atoms with Crippen molar-refractivity contribution in [1.29, 1.82) is 0 Å². The summed E-state index contributed by atoms with van der Waals surface area (Å²) in [6.45, 7) is 6.81. The second kappa shape index (κ2) is 4.82. The highest BCUT2D eigenvalue weighted by atomic mass is 28.3. The summed E-state index contributed by atoms with van der Waals surface area (Å²) in [6.07, 6.45) is 1.70. The Hall–Kier alpha value is -1.09. The average molecular weight is 191 g/mol. The third kappa shape index (κ3) is 3.42. The number of hydrogen-bond acceptors (Lipinski definition) is 1. The largest absolute Gasteiger partial charge is 0.345 e. The van der Waals surface area contributed by atoms with Crippen molar-refractivity contribution in [2.24, 2.45) is 0 Å². The smallest absolute Gasteiger partial charge is 0.0931 e. The Bertz CT molecular complexity index is 321. The molecule has 1 N–H and O–H groups in total. The third-order valence-electron chi connectivity index (χ3n) is 1.33. The van der Waals surface area contributed by atoms with Gasteiger partial charge in [0.15, 0.2) is 0 Å². The minimum Gasteiger partial charge on any atom is -0.345 e. The van der Waals surface area contributed by atoms with Crippen molar-refractivity contribution in [2.45, 2.75) is 19.6 Å². The fraction of sp³-hybridized carbons (Fsp3) is 0.300. The van der Waals surface area contributed by atoms with E-state index >= 15 is 0 Å². The van der Waals surface area contributed by atoms with Crippen molar-refractivity contribution in [3.8, 4) is 0 Å². The summed E-state index contributed by atoms with van der Waals surface area (Å²) in [5.41, 5.74) is 2.12. The van der Waals surface area contributed by atoms with Crippen molar-refractivity contribution in [1.82, 2.24) is 9.97 Å². The lowest BCUT2D eigenvalue weighted by Crippen LogP contribution is -1.84. The Kier molecular flexibility index (Phi) is 3.70. The van der Waals surface area contributed by atoms with Gasteiger partial charge in [-0.2, -0.15) is 0 Å². The zero-order valence-electron chi connectivity index (χ0n) is 8.33. The quantitative estimate of drug-likeness (QED) is 0.637. The summed E-state index contributed by atoms with van der Waals surface area (Å²) in [6, 6.07) is 7.94. The van der Waals surface area contributed by atoms with Crippen LogP contribution in [0.4, 0.5) is 0 Å². The molecule has 2 aromatic rings. The van der Waals surface area contributed by atoms with Gasteiger partial charge in [-0.05, 0) is 12.1 Å². The van der Waals surface area contributed by atoms with Crippen LogP contribution in [0.1, 0.15) is 0 Å². The maximum Gasteiger partial charge on any atom is 0.0931 e. The summed E-state index contributed by atoms with van der Waals surface area (Å²) in [5, 5.41) is 0. The molecule has 2 rings (SSSR count). The van der Waals surface area contributed by atoms with E-state index in [1.54, 1.807) is 6.33 Å². The molecule has 69 valence electrons. The molecule has 2 nitrogen and oxygen atoms in total. The van der Waals surface area contributed by atoms with Crippen LogP contribution in [0, 0.1) is 0 Å². The predicted molar refractivity (Wildman–Crippen MR) is 59.4 cm³/mol. The number of aromatic amines is 1. The predicted octanol–water partition coefficient (Wildman–Crippen LogP) is 2.93. The van der Waals surface area contributed by atoms with Crippen LogP contribution >= 0.6 is 0 Å². The zero-order valence-corrected chi connectivity index (χ0v) is 9.33. The zero-order chi connectivity index (χ0) is 9.68. The molecule has 1 radical (unpaired) electrons. The molecule has 0 fully saturated rings. The van der Waals surface area contributed by atoms with Gasteiger partial charge in [-0.25, -0.2) is 4.98 Å². The van der Waals surface area contributed by atoms with Gasteiger partial charge in [-0.3, -0.25) is 0 Å². The average Bonchev–Trinajstić information content (AvgIpc) is 2.49. The minimum absolute atomic E-state index is 0.120. The lowest BCUT2D eigenvalue weighted by Gasteiger charge is -1.81. The van der Waals surface area contributed by atoms with Gasteiger partial charge in [-0.1, -0.05) is 31.8 Å². The van der Waals surface area contributed by atoms with Crippen LogP contribution in [0.25, 0.3) is 11.0 Å². The summed E-state index contributed by atoms with van der Waals surface area (Å²) in [7, 11) is 0.120. The first-order valence-corrected chi connectivity index (χ1v) is 7.35. The molecular formula is C10H15N2Si. The van der Waals surface area contributed by atoms with Crippen LogP contribution in [-0.4, -0.2) is 18.8 Å². The van der Waals surface area contributed by atoms with E-state index in [9.17, 15) is 0 Å². The van der Waals surface area contributed by atoms with Gasteiger partial charge in [-0.15, -0.1) is 0 Å². The number of benzene rings is 1. The fourth-order valence-corrected chi connectivity index (χ4v) is 0.880. The summed E-state index contributed by atoms with van der Waals surface area (Å²) in [4.78, 5) is 7.07. The van der Waals surface area contributed by atoms with Crippen molar-refractivity contribution in [3.63, 3.8) is 0 Å².